The molecule has 0 fully saturated rings. The van der Waals surface area contributed by atoms with Crippen LogP contribution in [0.15, 0.2) is 11.1 Å². The summed E-state index contributed by atoms with van der Waals surface area (Å²) in [5.41, 5.74) is 2.28. The Balaban J connectivity index is 2.11. The Morgan fingerprint density at radius 3 is 2.71 bits per heavy atom. The summed E-state index contributed by atoms with van der Waals surface area (Å²) in [6.45, 7) is 5.66. The summed E-state index contributed by atoms with van der Waals surface area (Å²) in [6, 6.07) is 0. The molecule has 1 aromatic heterocycles. The number of rotatable bonds is 3. The molecule has 0 amide bonds. The highest BCUT2D eigenvalue weighted by molar-refractivity contribution is 7.88. The van der Waals surface area contributed by atoms with Crippen LogP contribution in [-0.4, -0.2) is 24.6 Å². The molecule has 6 nitrogen and oxygen atoms in total. The third-order valence-electron chi connectivity index (χ3n) is 2.58. The monoisotopic (exact) mass is 256 g/mol. The zero-order chi connectivity index (χ0) is 12.6. The number of hydrogen-bond acceptors (Lipinski definition) is 5. The van der Waals surface area contributed by atoms with Crippen LogP contribution in [0.5, 0.6) is 0 Å². The molecule has 1 aliphatic rings. The van der Waals surface area contributed by atoms with Crippen molar-refractivity contribution in [3.63, 3.8) is 0 Å². The number of hydroxylamine groups is 1. The Morgan fingerprint density at radius 1 is 1.53 bits per heavy atom. The molecule has 1 aliphatic heterocycles. The van der Waals surface area contributed by atoms with E-state index in [-0.39, 0.29) is 0 Å². The molecule has 0 spiro atoms. The quantitative estimate of drug-likeness (QED) is 0.854. The van der Waals surface area contributed by atoms with Crippen LogP contribution in [0.3, 0.4) is 0 Å². The van der Waals surface area contributed by atoms with Crippen LogP contribution >= 0.6 is 0 Å². The SMILES string of the molecule is Cc1nnc(CS(=O)C2=CC(C)(C)ON2)n1C. The van der Waals surface area contributed by atoms with E-state index in [4.69, 9.17) is 4.84 Å². The smallest absolute Gasteiger partial charge is 0.145 e. The maximum atomic E-state index is 12.1. The van der Waals surface area contributed by atoms with Gasteiger partial charge in [0.2, 0.25) is 0 Å². The molecule has 94 valence electrons. The van der Waals surface area contributed by atoms with Gasteiger partial charge in [0.1, 0.15) is 22.3 Å². The minimum Gasteiger partial charge on any atom is -0.318 e. The van der Waals surface area contributed by atoms with Crippen molar-refractivity contribution in [3.8, 4) is 0 Å². The summed E-state index contributed by atoms with van der Waals surface area (Å²) >= 11 is 0. The van der Waals surface area contributed by atoms with E-state index < -0.39 is 16.4 Å². The predicted octanol–water partition coefficient (Wildman–Crippen LogP) is 0.527. The first-order valence-electron chi connectivity index (χ1n) is 5.29. The molecule has 1 N–H and O–H groups in total. The van der Waals surface area contributed by atoms with Gasteiger partial charge in [0.15, 0.2) is 0 Å². The van der Waals surface area contributed by atoms with Crippen LogP contribution in [0.1, 0.15) is 25.5 Å². The van der Waals surface area contributed by atoms with Gasteiger partial charge in [0, 0.05) is 7.05 Å². The third kappa shape index (κ3) is 2.55. The van der Waals surface area contributed by atoms with Crippen molar-refractivity contribution in [1.82, 2.24) is 20.2 Å². The Kier molecular flexibility index (Phi) is 3.05. The Morgan fingerprint density at radius 2 is 2.24 bits per heavy atom. The van der Waals surface area contributed by atoms with E-state index in [0.717, 1.165) is 5.82 Å². The van der Waals surface area contributed by atoms with E-state index in [1.807, 2.05) is 38.5 Å². The summed E-state index contributed by atoms with van der Waals surface area (Å²) in [4.78, 5) is 5.27. The molecule has 1 aromatic rings. The predicted molar refractivity (Wildman–Crippen MR) is 64.0 cm³/mol. The molecule has 1 atom stereocenters. The second kappa shape index (κ2) is 4.23. The van der Waals surface area contributed by atoms with Gasteiger partial charge in [-0.05, 0) is 26.8 Å². The number of aryl methyl sites for hydroxylation is 1. The lowest BCUT2D eigenvalue weighted by Crippen LogP contribution is -2.21. The van der Waals surface area contributed by atoms with Crippen molar-refractivity contribution < 1.29 is 9.05 Å². The van der Waals surface area contributed by atoms with Crippen molar-refractivity contribution in [2.45, 2.75) is 32.1 Å². The molecule has 2 heterocycles. The van der Waals surface area contributed by atoms with Crippen LogP contribution in [0.2, 0.25) is 0 Å². The van der Waals surface area contributed by atoms with Crippen molar-refractivity contribution in [2.75, 3.05) is 0 Å². The molecule has 0 bridgehead atoms. The molecule has 0 radical (unpaired) electrons. The second-order valence-electron chi connectivity index (χ2n) is 4.53. The molecule has 0 saturated heterocycles. The first-order chi connectivity index (χ1) is 7.89. The zero-order valence-electron chi connectivity index (χ0n) is 10.4. The molecule has 2 rings (SSSR count). The van der Waals surface area contributed by atoms with E-state index in [0.29, 0.717) is 16.6 Å². The fourth-order valence-electron chi connectivity index (χ4n) is 1.44. The maximum Gasteiger partial charge on any atom is 0.145 e. The summed E-state index contributed by atoms with van der Waals surface area (Å²) < 4.78 is 13.9. The van der Waals surface area contributed by atoms with Gasteiger partial charge in [-0.2, -0.15) is 0 Å². The van der Waals surface area contributed by atoms with Gasteiger partial charge < -0.3 is 4.57 Å². The number of nitrogens with one attached hydrogen (secondary N) is 1. The standard InChI is InChI=1S/C10H16N4O2S/c1-7-11-12-8(14(7)4)6-17(15)9-5-10(2,3)16-13-9/h5,13H,6H2,1-4H3. The fourth-order valence-corrected chi connectivity index (χ4v) is 2.63. The average Bonchev–Trinajstić information content (AvgIpc) is 2.75. The van der Waals surface area contributed by atoms with Crippen molar-refractivity contribution in [3.05, 3.63) is 22.8 Å². The van der Waals surface area contributed by atoms with Crippen LogP contribution in [0.25, 0.3) is 0 Å². The highest BCUT2D eigenvalue weighted by atomic mass is 32.2. The van der Waals surface area contributed by atoms with Gasteiger partial charge in [-0.1, -0.05) is 0 Å². The highest BCUT2D eigenvalue weighted by Gasteiger charge is 2.27. The van der Waals surface area contributed by atoms with Gasteiger partial charge in [-0.25, -0.2) is 0 Å². The molecule has 0 aromatic carbocycles. The zero-order valence-corrected chi connectivity index (χ0v) is 11.2. The summed E-state index contributed by atoms with van der Waals surface area (Å²) in [6.07, 6.45) is 1.83. The van der Waals surface area contributed by atoms with Gasteiger partial charge in [-0.15, -0.1) is 10.2 Å². The van der Waals surface area contributed by atoms with Gasteiger partial charge in [-0.3, -0.25) is 14.5 Å². The van der Waals surface area contributed by atoms with E-state index in [1.165, 1.54) is 0 Å². The van der Waals surface area contributed by atoms with Gasteiger partial charge in [0.25, 0.3) is 0 Å². The summed E-state index contributed by atoms with van der Waals surface area (Å²) in [5.74, 6) is 1.84. The molecular weight excluding hydrogens is 240 g/mol. The lowest BCUT2D eigenvalue weighted by atomic mass is 10.1. The lowest BCUT2D eigenvalue weighted by molar-refractivity contribution is -0.0128. The van der Waals surface area contributed by atoms with E-state index >= 15 is 0 Å². The Hall–Kier alpha value is -1.21. The maximum absolute atomic E-state index is 12.1. The number of nitrogens with zero attached hydrogens (tertiary/aromatic N) is 3. The normalized spacial score (nSPS) is 19.9. The molecular formula is C10H16N4O2S. The van der Waals surface area contributed by atoms with Crippen LogP contribution in [0.4, 0.5) is 0 Å². The van der Waals surface area contributed by atoms with Crippen molar-refractivity contribution in [1.29, 1.82) is 0 Å². The molecule has 0 aliphatic carbocycles. The van der Waals surface area contributed by atoms with Crippen LogP contribution in [0, 0.1) is 6.92 Å². The molecule has 17 heavy (non-hydrogen) atoms. The molecule has 0 saturated carbocycles. The highest BCUT2D eigenvalue weighted by Crippen LogP contribution is 2.21. The van der Waals surface area contributed by atoms with E-state index in [1.54, 1.807) is 0 Å². The number of aromatic nitrogens is 3. The molecule has 1 unspecified atom stereocenters. The largest absolute Gasteiger partial charge is 0.318 e. The first kappa shape index (κ1) is 12.3. The van der Waals surface area contributed by atoms with Gasteiger partial charge in [0.05, 0.1) is 16.6 Å². The van der Waals surface area contributed by atoms with Crippen LogP contribution < -0.4 is 5.48 Å². The van der Waals surface area contributed by atoms with Gasteiger partial charge >= 0.3 is 0 Å². The fraction of sp³-hybridized carbons (Fsp3) is 0.600. The van der Waals surface area contributed by atoms with Crippen molar-refractivity contribution in [2.24, 2.45) is 7.05 Å². The Bertz CT molecular complexity index is 492. The number of hydrogen-bond donors (Lipinski definition) is 1. The Labute approximate surface area is 102 Å². The summed E-state index contributed by atoms with van der Waals surface area (Å²) in [7, 11) is 0.672. The average molecular weight is 256 g/mol. The third-order valence-corrected chi connectivity index (χ3v) is 3.79. The van der Waals surface area contributed by atoms with E-state index in [2.05, 4.69) is 15.7 Å². The summed E-state index contributed by atoms with van der Waals surface area (Å²) in [5, 5.41) is 8.51. The van der Waals surface area contributed by atoms with E-state index in [9.17, 15) is 4.21 Å². The van der Waals surface area contributed by atoms with Crippen molar-refractivity contribution >= 4 is 10.8 Å². The first-order valence-corrected chi connectivity index (χ1v) is 6.61. The molecule has 7 heteroatoms. The minimum absolute atomic E-state index is 0.329. The second-order valence-corrected chi connectivity index (χ2v) is 5.95. The topological polar surface area (TPSA) is 69.0 Å². The van der Waals surface area contributed by atoms with Crippen LogP contribution in [-0.2, 0) is 28.4 Å². The lowest BCUT2D eigenvalue weighted by Gasteiger charge is -2.11. The minimum atomic E-state index is -1.19.